The number of nitrogens with zero attached hydrogens (tertiary/aromatic N) is 2. The van der Waals surface area contributed by atoms with Crippen LogP contribution in [0.2, 0.25) is 5.02 Å². The summed E-state index contributed by atoms with van der Waals surface area (Å²) < 4.78 is 2.01. The number of halogens is 2. The Hall–Kier alpha value is -0.0200. The zero-order valence-corrected chi connectivity index (χ0v) is 12.8. The summed E-state index contributed by atoms with van der Waals surface area (Å²) in [5.41, 5.74) is 2.11. The number of hydrogen-bond donors (Lipinski definition) is 0. The largest absolute Gasteiger partial charge is 0.268 e. The van der Waals surface area contributed by atoms with E-state index in [2.05, 4.69) is 41.8 Å². The highest BCUT2D eigenvalue weighted by molar-refractivity contribution is 9.09. The minimum absolute atomic E-state index is 0.545. The predicted molar refractivity (Wildman–Crippen MR) is 73.5 cm³/mol. The maximum atomic E-state index is 6.26. The number of aromatic nitrogens is 2. The van der Waals surface area contributed by atoms with Gasteiger partial charge in [-0.2, -0.15) is 5.10 Å². The lowest BCUT2D eigenvalue weighted by Gasteiger charge is -2.13. The van der Waals surface area contributed by atoms with Crippen molar-refractivity contribution in [3.63, 3.8) is 0 Å². The van der Waals surface area contributed by atoms with Crippen LogP contribution in [-0.2, 0) is 13.0 Å². The molecular formula is C12H20BrClN2. The molecule has 0 aliphatic heterocycles. The second-order valence-electron chi connectivity index (χ2n) is 4.46. The zero-order chi connectivity index (χ0) is 12.3. The Kier molecular flexibility index (Phi) is 5.32. The topological polar surface area (TPSA) is 17.8 Å². The van der Waals surface area contributed by atoms with Gasteiger partial charge in [0.2, 0.25) is 0 Å². The summed E-state index contributed by atoms with van der Waals surface area (Å²) in [6.45, 7) is 9.40. The molecule has 0 aliphatic rings. The van der Waals surface area contributed by atoms with Gasteiger partial charge in [-0.1, -0.05) is 41.4 Å². The van der Waals surface area contributed by atoms with Gasteiger partial charge in [0.05, 0.1) is 16.4 Å². The molecule has 92 valence electrons. The third kappa shape index (κ3) is 3.24. The fourth-order valence-electron chi connectivity index (χ4n) is 1.72. The molecule has 0 spiro atoms. The molecule has 0 fully saturated rings. The Bertz CT molecular complexity index is 347. The first kappa shape index (κ1) is 14.0. The maximum Gasteiger partial charge on any atom is 0.0847 e. The molecule has 0 N–H and O–H groups in total. The fourth-order valence-corrected chi connectivity index (χ4v) is 2.17. The molecule has 1 heterocycles. The van der Waals surface area contributed by atoms with Crippen LogP contribution in [0.3, 0.4) is 0 Å². The predicted octanol–water partition coefficient (Wildman–Crippen LogP) is 4.22. The Balaban J connectivity index is 2.73. The standard InChI is InChI=1S/C12H20BrClN2/c1-5-16-11(12(14)9(4)15-16)7-6-10(13)8(2)3/h8,10H,5-7H2,1-4H3. The normalized spacial score (nSPS) is 13.4. The first-order valence-corrected chi connectivity index (χ1v) is 7.12. The minimum Gasteiger partial charge on any atom is -0.268 e. The van der Waals surface area contributed by atoms with Gasteiger partial charge in [0.1, 0.15) is 0 Å². The van der Waals surface area contributed by atoms with Crippen molar-refractivity contribution in [1.82, 2.24) is 9.78 Å². The monoisotopic (exact) mass is 306 g/mol. The molecule has 0 saturated heterocycles. The van der Waals surface area contributed by atoms with Gasteiger partial charge in [0, 0.05) is 11.4 Å². The highest BCUT2D eigenvalue weighted by atomic mass is 79.9. The van der Waals surface area contributed by atoms with Gasteiger partial charge in [-0.15, -0.1) is 0 Å². The first-order chi connectivity index (χ1) is 7.47. The van der Waals surface area contributed by atoms with Gasteiger partial charge in [0.15, 0.2) is 0 Å². The SMILES string of the molecule is CCn1nc(C)c(Cl)c1CCC(Br)C(C)C. The van der Waals surface area contributed by atoms with Gasteiger partial charge < -0.3 is 0 Å². The molecule has 1 rings (SSSR count). The van der Waals surface area contributed by atoms with Crippen LogP contribution in [-0.4, -0.2) is 14.6 Å². The van der Waals surface area contributed by atoms with Gasteiger partial charge in [-0.25, -0.2) is 0 Å². The molecule has 1 atom stereocenters. The van der Waals surface area contributed by atoms with Crippen LogP contribution in [0, 0.1) is 12.8 Å². The highest BCUT2D eigenvalue weighted by Gasteiger charge is 2.15. The van der Waals surface area contributed by atoms with Gasteiger partial charge in [0.25, 0.3) is 0 Å². The van der Waals surface area contributed by atoms with Crippen LogP contribution in [0.4, 0.5) is 0 Å². The van der Waals surface area contributed by atoms with E-state index in [1.165, 1.54) is 5.69 Å². The zero-order valence-electron chi connectivity index (χ0n) is 10.4. The average Bonchev–Trinajstić information content (AvgIpc) is 2.51. The van der Waals surface area contributed by atoms with E-state index in [1.807, 2.05) is 11.6 Å². The summed E-state index contributed by atoms with van der Waals surface area (Å²) in [4.78, 5) is 0.545. The molecule has 4 heteroatoms. The summed E-state index contributed by atoms with van der Waals surface area (Å²) in [7, 11) is 0. The van der Waals surface area contributed by atoms with E-state index in [-0.39, 0.29) is 0 Å². The molecule has 0 aromatic carbocycles. The van der Waals surface area contributed by atoms with Crippen LogP contribution in [0.15, 0.2) is 0 Å². The molecular weight excluding hydrogens is 288 g/mol. The van der Waals surface area contributed by atoms with Gasteiger partial charge in [-0.05, 0) is 32.6 Å². The van der Waals surface area contributed by atoms with Crippen LogP contribution in [0.5, 0.6) is 0 Å². The molecule has 0 aliphatic carbocycles. The second kappa shape index (κ2) is 6.06. The quantitative estimate of drug-likeness (QED) is 0.745. The lowest BCUT2D eigenvalue weighted by Crippen LogP contribution is -2.11. The number of aryl methyl sites for hydroxylation is 2. The van der Waals surface area contributed by atoms with Crippen molar-refractivity contribution in [1.29, 1.82) is 0 Å². The molecule has 0 radical (unpaired) electrons. The summed E-state index contributed by atoms with van der Waals surface area (Å²) in [6.07, 6.45) is 2.09. The first-order valence-electron chi connectivity index (χ1n) is 5.83. The fraction of sp³-hybridized carbons (Fsp3) is 0.750. The van der Waals surface area contributed by atoms with Gasteiger partial charge in [-0.3, -0.25) is 4.68 Å². The highest BCUT2D eigenvalue weighted by Crippen LogP contribution is 2.24. The van der Waals surface area contributed by atoms with E-state index in [0.29, 0.717) is 10.7 Å². The number of rotatable bonds is 5. The van der Waals surface area contributed by atoms with E-state index in [1.54, 1.807) is 0 Å². The van der Waals surface area contributed by atoms with E-state index in [0.717, 1.165) is 30.1 Å². The van der Waals surface area contributed by atoms with Crippen LogP contribution >= 0.6 is 27.5 Å². The minimum atomic E-state index is 0.545. The van der Waals surface area contributed by atoms with Crippen molar-refractivity contribution in [2.75, 3.05) is 0 Å². The van der Waals surface area contributed by atoms with Crippen LogP contribution in [0.25, 0.3) is 0 Å². The summed E-state index contributed by atoms with van der Waals surface area (Å²) in [5, 5.41) is 5.26. The van der Waals surface area contributed by atoms with E-state index >= 15 is 0 Å². The third-order valence-electron chi connectivity index (χ3n) is 2.83. The Morgan fingerprint density at radius 2 is 2.06 bits per heavy atom. The summed E-state index contributed by atoms with van der Waals surface area (Å²) >= 11 is 9.96. The molecule has 0 bridgehead atoms. The van der Waals surface area contributed by atoms with Crippen molar-refractivity contribution < 1.29 is 0 Å². The van der Waals surface area contributed by atoms with Crippen molar-refractivity contribution in [3.8, 4) is 0 Å². The van der Waals surface area contributed by atoms with E-state index in [9.17, 15) is 0 Å². The third-order valence-corrected chi connectivity index (χ3v) is 4.84. The average molecular weight is 308 g/mol. The lowest BCUT2D eigenvalue weighted by atomic mass is 10.0. The maximum absolute atomic E-state index is 6.26. The molecule has 0 saturated carbocycles. The lowest BCUT2D eigenvalue weighted by molar-refractivity contribution is 0.554. The molecule has 16 heavy (non-hydrogen) atoms. The molecule has 1 unspecified atom stereocenters. The molecule has 2 nitrogen and oxygen atoms in total. The van der Waals surface area contributed by atoms with Crippen molar-refractivity contribution in [3.05, 3.63) is 16.4 Å². The summed E-state index contributed by atoms with van der Waals surface area (Å²) in [5.74, 6) is 0.651. The van der Waals surface area contributed by atoms with Crippen molar-refractivity contribution in [2.24, 2.45) is 5.92 Å². The second-order valence-corrected chi connectivity index (χ2v) is 6.01. The smallest absolute Gasteiger partial charge is 0.0847 e. The van der Waals surface area contributed by atoms with E-state index in [4.69, 9.17) is 11.6 Å². The van der Waals surface area contributed by atoms with Crippen molar-refractivity contribution in [2.45, 2.75) is 51.9 Å². The molecule has 1 aromatic heterocycles. The van der Waals surface area contributed by atoms with E-state index < -0.39 is 0 Å². The number of alkyl halides is 1. The Morgan fingerprint density at radius 1 is 1.44 bits per heavy atom. The van der Waals surface area contributed by atoms with Crippen molar-refractivity contribution >= 4 is 27.5 Å². The Morgan fingerprint density at radius 3 is 2.56 bits per heavy atom. The molecule has 0 amide bonds. The number of hydrogen-bond acceptors (Lipinski definition) is 1. The van der Waals surface area contributed by atoms with Crippen LogP contribution < -0.4 is 0 Å². The van der Waals surface area contributed by atoms with Gasteiger partial charge >= 0.3 is 0 Å². The molecule has 1 aromatic rings. The Labute approximate surface area is 111 Å². The summed E-state index contributed by atoms with van der Waals surface area (Å²) in [6, 6.07) is 0. The van der Waals surface area contributed by atoms with Crippen LogP contribution in [0.1, 0.15) is 38.6 Å².